The van der Waals surface area contributed by atoms with Gasteiger partial charge in [0.25, 0.3) is 0 Å². The molecule has 0 bridgehead atoms. The first kappa shape index (κ1) is 28.0. The molecule has 2 atom stereocenters. The molecule has 42 heavy (non-hydrogen) atoms. The zero-order chi connectivity index (χ0) is 29.4. The number of nitrogens with zero attached hydrogens (tertiary/aromatic N) is 2. The molecule has 0 radical (unpaired) electrons. The van der Waals surface area contributed by atoms with E-state index in [4.69, 9.17) is 21.6 Å². The Morgan fingerprint density at radius 2 is 1.93 bits per heavy atom. The number of benzene rings is 2. The number of rotatable bonds is 7. The van der Waals surface area contributed by atoms with Crippen LogP contribution in [0.25, 0.3) is 33.8 Å². The summed E-state index contributed by atoms with van der Waals surface area (Å²) in [5.41, 5.74) is 7.38. The van der Waals surface area contributed by atoms with Crippen LogP contribution in [0, 0.1) is 18.8 Å². The Bertz CT molecular complexity index is 1760. The number of hydrogen-bond acceptors (Lipinski definition) is 6. The highest BCUT2D eigenvalue weighted by molar-refractivity contribution is 7.81. The Kier molecular flexibility index (Phi) is 7.73. The quantitative estimate of drug-likeness (QED) is 0.216. The van der Waals surface area contributed by atoms with Gasteiger partial charge in [-0.3, -0.25) is 14.7 Å². The molecule has 0 spiro atoms. The first-order chi connectivity index (χ1) is 20.3. The molecule has 2 heterocycles. The maximum atomic E-state index is 13.6. The van der Waals surface area contributed by atoms with Crippen molar-refractivity contribution in [3.8, 4) is 22.7 Å². The molecule has 6 rings (SSSR count). The van der Waals surface area contributed by atoms with Crippen LogP contribution in [0.1, 0.15) is 63.0 Å². The molecule has 0 saturated heterocycles. The molecule has 0 aliphatic heterocycles. The molecule has 214 valence electrons. The lowest BCUT2D eigenvalue weighted by atomic mass is 9.74. The molecule has 7 nitrogen and oxygen atoms in total. The molecule has 1 saturated carbocycles. The van der Waals surface area contributed by atoms with Crippen LogP contribution in [-0.2, 0) is 9.59 Å². The van der Waals surface area contributed by atoms with Gasteiger partial charge in [0.15, 0.2) is 11.4 Å². The van der Waals surface area contributed by atoms with Crippen LogP contribution in [0.15, 0.2) is 70.8 Å². The van der Waals surface area contributed by atoms with E-state index in [1.807, 2.05) is 43.3 Å². The summed E-state index contributed by atoms with van der Waals surface area (Å²) in [6.45, 7) is 6.31. The fourth-order valence-electron chi connectivity index (χ4n) is 6.10. The summed E-state index contributed by atoms with van der Waals surface area (Å²) in [5.74, 6) is -0.115. The van der Waals surface area contributed by atoms with Crippen LogP contribution in [0.5, 0.6) is 0 Å². The number of nitrogens with one attached hydrogen (secondary N) is 2. The van der Waals surface area contributed by atoms with Gasteiger partial charge in [0.2, 0.25) is 11.8 Å². The molecule has 1 amide bonds. The molecule has 4 aromatic rings. The van der Waals surface area contributed by atoms with Gasteiger partial charge in [-0.05, 0) is 48.9 Å². The normalized spacial score (nSPS) is 18.9. The maximum Gasteiger partial charge on any atom is 0.231 e. The number of amides is 1. The molecule has 2 aromatic heterocycles. The average molecular weight is 579 g/mol. The maximum absolute atomic E-state index is 13.6. The molecule has 2 aliphatic carbocycles. The van der Waals surface area contributed by atoms with Gasteiger partial charge in [0, 0.05) is 39.9 Å². The highest BCUT2D eigenvalue weighted by Crippen LogP contribution is 2.37. The number of oxazole rings is 1. The third kappa shape index (κ3) is 5.27. The molecule has 8 heteroatoms. The van der Waals surface area contributed by atoms with Gasteiger partial charge in [0.05, 0.1) is 17.5 Å². The minimum atomic E-state index is -0.398. The molecule has 0 unspecified atom stereocenters. The summed E-state index contributed by atoms with van der Waals surface area (Å²) in [4.78, 5) is 32.5. The van der Waals surface area contributed by atoms with Gasteiger partial charge in [-0.1, -0.05) is 81.4 Å². The van der Waals surface area contributed by atoms with Crippen LogP contribution in [-0.4, -0.2) is 31.7 Å². The van der Waals surface area contributed by atoms with Crippen molar-refractivity contribution in [1.82, 2.24) is 15.2 Å². The Balaban J connectivity index is 1.26. The van der Waals surface area contributed by atoms with Crippen molar-refractivity contribution < 1.29 is 14.0 Å². The van der Waals surface area contributed by atoms with Crippen molar-refractivity contribution in [2.24, 2.45) is 11.8 Å². The second kappa shape index (κ2) is 11.6. The van der Waals surface area contributed by atoms with E-state index in [2.05, 4.69) is 41.5 Å². The van der Waals surface area contributed by atoms with E-state index in [0.717, 1.165) is 51.9 Å². The van der Waals surface area contributed by atoms with E-state index in [1.54, 1.807) is 12.3 Å². The van der Waals surface area contributed by atoms with Crippen molar-refractivity contribution in [3.63, 3.8) is 0 Å². The number of aryl methyl sites for hydroxylation is 1. The number of fused-ring (bicyclic) bond motifs is 1. The van der Waals surface area contributed by atoms with E-state index < -0.39 is 5.92 Å². The Labute approximate surface area is 250 Å². The van der Waals surface area contributed by atoms with Crippen LogP contribution in [0.2, 0.25) is 0 Å². The molecular weight excluding hydrogens is 544 g/mol. The smallest absolute Gasteiger partial charge is 0.231 e. The molecule has 2 aromatic carbocycles. The highest BCUT2D eigenvalue weighted by atomic mass is 32.1. The van der Waals surface area contributed by atoms with E-state index in [9.17, 15) is 9.59 Å². The molecule has 2 N–H and O–H groups in total. The molecule has 1 fully saturated rings. The number of H-pyrrole nitrogens is 1. The van der Waals surface area contributed by atoms with E-state index in [0.29, 0.717) is 47.2 Å². The van der Waals surface area contributed by atoms with Gasteiger partial charge in [0.1, 0.15) is 5.52 Å². The summed E-state index contributed by atoms with van der Waals surface area (Å²) < 4.78 is 6.32. The van der Waals surface area contributed by atoms with E-state index in [1.165, 1.54) is 0 Å². The summed E-state index contributed by atoms with van der Waals surface area (Å²) in [6, 6.07) is 11.8. The second-order valence-electron chi connectivity index (χ2n) is 11.5. The number of anilines is 1. The second-order valence-corrected chi connectivity index (χ2v) is 12.0. The lowest BCUT2D eigenvalue weighted by molar-refractivity contribution is -0.130. The van der Waals surface area contributed by atoms with Crippen LogP contribution in [0.4, 0.5) is 5.69 Å². The number of thiocarbonyl (C=S) groups is 1. The first-order valence-electron chi connectivity index (χ1n) is 14.6. The van der Waals surface area contributed by atoms with Gasteiger partial charge in [-0.25, -0.2) is 4.98 Å². The van der Waals surface area contributed by atoms with Crippen LogP contribution in [0.3, 0.4) is 0 Å². The topological polar surface area (TPSA) is 101 Å². The number of Topliss-reactive ketones (excluding diaryl/α,β-unsaturated/α-hetero) is 1. The van der Waals surface area contributed by atoms with Crippen molar-refractivity contribution >= 4 is 45.6 Å². The summed E-state index contributed by atoms with van der Waals surface area (Å²) in [5, 5.41) is 10.5. The predicted molar refractivity (Wildman–Crippen MR) is 169 cm³/mol. The number of hydrogen-bond donors (Lipinski definition) is 2. The Morgan fingerprint density at radius 1 is 1.12 bits per heavy atom. The lowest BCUT2D eigenvalue weighted by Crippen LogP contribution is -2.37. The van der Waals surface area contributed by atoms with Crippen molar-refractivity contribution in [3.05, 3.63) is 77.5 Å². The minimum absolute atomic E-state index is 0.00533. The van der Waals surface area contributed by atoms with E-state index >= 15 is 0 Å². The SMILES string of the molecule is Cc1ccc(C(C)C)c2oc(-c3cn[nH]c3-c3cccc(NC(=O)[C@@H]4CCCC[C@@H]4C(=O)C4=CC=CCC4=S)c3)nc12. The van der Waals surface area contributed by atoms with Gasteiger partial charge < -0.3 is 9.73 Å². The Morgan fingerprint density at radius 3 is 2.71 bits per heavy atom. The highest BCUT2D eigenvalue weighted by Gasteiger charge is 2.37. The number of carbonyl (C=O) groups excluding carboxylic acids is 2. The fourth-order valence-corrected chi connectivity index (χ4v) is 6.36. The van der Waals surface area contributed by atoms with Gasteiger partial charge >= 0.3 is 0 Å². The molecular formula is C34H34N4O3S. The minimum Gasteiger partial charge on any atom is -0.436 e. The van der Waals surface area contributed by atoms with E-state index in [-0.39, 0.29) is 17.6 Å². The largest absolute Gasteiger partial charge is 0.436 e. The zero-order valence-electron chi connectivity index (χ0n) is 24.1. The lowest BCUT2D eigenvalue weighted by Gasteiger charge is -2.30. The number of aromatic amines is 1. The number of carbonyl (C=O) groups is 2. The van der Waals surface area contributed by atoms with Crippen molar-refractivity contribution in [2.45, 2.75) is 58.8 Å². The first-order valence-corrected chi connectivity index (χ1v) is 15.0. The summed E-state index contributed by atoms with van der Waals surface area (Å²) in [6.07, 6.45) is 11.2. The van der Waals surface area contributed by atoms with Crippen molar-refractivity contribution in [2.75, 3.05) is 5.32 Å². The van der Waals surface area contributed by atoms with Gasteiger partial charge in [-0.15, -0.1) is 0 Å². The number of aromatic nitrogens is 3. The zero-order valence-corrected chi connectivity index (χ0v) is 24.9. The predicted octanol–water partition coefficient (Wildman–Crippen LogP) is 7.89. The number of allylic oxidation sites excluding steroid dienone is 4. The third-order valence-electron chi connectivity index (χ3n) is 8.39. The summed E-state index contributed by atoms with van der Waals surface area (Å²) in [7, 11) is 0. The Hall–Kier alpha value is -4.17. The fraction of sp³-hybridized carbons (Fsp3) is 0.324. The standard InChI is InChI=1S/C34H34N4O3S/c1-19(2)23-16-15-20(3)29-32(23)41-34(37-29)27-18-35-38-30(27)21-9-8-10-22(17-21)36-33(40)25-12-5-4-11-24(25)31(39)26-13-6-7-14-28(26)42/h6-10,13,15-19,24-25H,4-5,11-12,14H2,1-3H3,(H,35,38)(H,36,40)/t24-,25+/m0/s1. The third-order valence-corrected chi connectivity index (χ3v) is 8.78. The number of ketones is 1. The van der Waals surface area contributed by atoms with Crippen LogP contribution < -0.4 is 5.32 Å². The van der Waals surface area contributed by atoms with Gasteiger partial charge in [-0.2, -0.15) is 5.10 Å². The van der Waals surface area contributed by atoms with Crippen LogP contribution >= 0.6 is 12.2 Å². The van der Waals surface area contributed by atoms with Crippen molar-refractivity contribution in [1.29, 1.82) is 0 Å². The summed E-state index contributed by atoms with van der Waals surface area (Å²) >= 11 is 5.46. The molecule has 2 aliphatic rings. The monoisotopic (exact) mass is 578 g/mol. The average Bonchev–Trinajstić information content (AvgIpc) is 3.66.